The second-order valence-corrected chi connectivity index (χ2v) is 8.33. The van der Waals surface area contributed by atoms with E-state index in [1.54, 1.807) is 0 Å². The summed E-state index contributed by atoms with van der Waals surface area (Å²) in [6, 6.07) is 3.96. The van der Waals surface area contributed by atoms with Crippen LogP contribution in [0.5, 0.6) is 5.75 Å². The highest BCUT2D eigenvalue weighted by Gasteiger charge is 2.26. The molecule has 0 saturated carbocycles. The van der Waals surface area contributed by atoms with Gasteiger partial charge in [0.2, 0.25) is 0 Å². The molecule has 2 amide bonds. The van der Waals surface area contributed by atoms with Crippen molar-refractivity contribution in [3.63, 3.8) is 0 Å². The maximum absolute atomic E-state index is 12.6. The number of ether oxygens (including phenoxy) is 1. The van der Waals surface area contributed by atoms with Crippen molar-refractivity contribution in [1.82, 2.24) is 19.4 Å². The molecule has 0 radical (unpaired) electrons. The Morgan fingerprint density at radius 3 is 2.93 bits per heavy atom. The van der Waals surface area contributed by atoms with Crippen molar-refractivity contribution in [3.8, 4) is 5.75 Å². The number of nitrogens with zero attached hydrogens (tertiary/aromatic N) is 3. The second kappa shape index (κ2) is 8.05. The number of benzene rings is 1. The number of hydrogen-bond acceptors (Lipinski definition) is 5. The Balaban J connectivity index is 1.44. The number of hydrogen-bond donors (Lipinski definition) is 2. The van der Waals surface area contributed by atoms with Crippen LogP contribution in [0.3, 0.4) is 0 Å². The van der Waals surface area contributed by atoms with Gasteiger partial charge in [0.05, 0.1) is 18.0 Å². The number of carbonyl (C=O) groups is 1. The van der Waals surface area contributed by atoms with Crippen LogP contribution in [0.25, 0.3) is 0 Å². The fourth-order valence-electron chi connectivity index (χ4n) is 4.00. The molecular formula is C20H27N5O2S. The summed E-state index contributed by atoms with van der Waals surface area (Å²) in [6.45, 7) is 4.37. The Hall–Kier alpha value is -2.19. The first-order valence-corrected chi connectivity index (χ1v) is 10.6. The Kier molecular flexibility index (Phi) is 5.50. The largest absolute Gasteiger partial charge is 0.493 e. The van der Waals surface area contributed by atoms with Crippen LogP contribution in [0.4, 0.5) is 10.5 Å². The second-order valence-electron chi connectivity index (χ2n) is 7.50. The van der Waals surface area contributed by atoms with Crippen molar-refractivity contribution in [3.05, 3.63) is 34.5 Å². The summed E-state index contributed by atoms with van der Waals surface area (Å²) in [6.07, 6.45) is 4.05. The van der Waals surface area contributed by atoms with E-state index in [9.17, 15) is 4.79 Å². The van der Waals surface area contributed by atoms with Crippen molar-refractivity contribution >= 4 is 23.7 Å². The lowest BCUT2D eigenvalue weighted by molar-refractivity contribution is 0.257. The molecule has 1 aromatic heterocycles. The summed E-state index contributed by atoms with van der Waals surface area (Å²) in [5.41, 5.74) is 5.79. The van der Waals surface area contributed by atoms with E-state index < -0.39 is 0 Å². The van der Waals surface area contributed by atoms with Gasteiger partial charge in [-0.2, -0.15) is 5.10 Å². The number of carbonyl (C=O) groups excluding carboxylic acids is 1. The van der Waals surface area contributed by atoms with Gasteiger partial charge in [-0.05, 0) is 63.5 Å². The molecule has 4 rings (SSSR count). The highest BCUT2D eigenvalue weighted by molar-refractivity contribution is 7.97. The van der Waals surface area contributed by atoms with Gasteiger partial charge in [0.1, 0.15) is 10.8 Å². The van der Waals surface area contributed by atoms with Crippen molar-refractivity contribution < 1.29 is 9.53 Å². The molecule has 2 N–H and O–H groups in total. The first-order chi connectivity index (χ1) is 13.5. The molecule has 28 heavy (non-hydrogen) atoms. The molecule has 2 aliphatic rings. The highest BCUT2D eigenvalue weighted by atomic mass is 32.2. The standard InChI is InChI=1S/C20H27N5O2S/c1-4-25-14(12-24(2)3)11-18(22-25)28-23-20(26)21-19-15-7-5-6-13(15)10-17-16(19)8-9-27-17/h10-11H,4-9,12H2,1-3H3,(H2,21,23,26). The quantitative estimate of drug-likeness (QED) is 0.728. The van der Waals surface area contributed by atoms with Crippen LogP contribution in [0.15, 0.2) is 17.2 Å². The average Bonchev–Trinajstić information content (AvgIpc) is 3.38. The SMILES string of the molecule is CCn1nc(SNC(=O)Nc2c3c(cc4c2CCO4)CCC3)cc1CN(C)C. The highest BCUT2D eigenvalue weighted by Crippen LogP contribution is 2.40. The summed E-state index contributed by atoms with van der Waals surface area (Å²) >= 11 is 1.25. The van der Waals surface area contributed by atoms with Gasteiger partial charge >= 0.3 is 6.03 Å². The predicted molar refractivity (Wildman–Crippen MR) is 111 cm³/mol. The molecular weight excluding hydrogens is 374 g/mol. The van der Waals surface area contributed by atoms with Gasteiger partial charge < -0.3 is 15.0 Å². The molecule has 2 heterocycles. The zero-order valence-corrected chi connectivity index (χ0v) is 17.5. The van der Waals surface area contributed by atoms with E-state index in [0.29, 0.717) is 6.61 Å². The zero-order chi connectivity index (χ0) is 19.7. The molecule has 1 aliphatic carbocycles. The van der Waals surface area contributed by atoms with Gasteiger partial charge in [-0.1, -0.05) is 0 Å². The number of fused-ring (bicyclic) bond motifs is 2. The normalized spacial score (nSPS) is 14.7. The molecule has 0 bridgehead atoms. The molecule has 1 aromatic carbocycles. The van der Waals surface area contributed by atoms with Crippen molar-refractivity contribution in [2.75, 3.05) is 26.0 Å². The van der Waals surface area contributed by atoms with Crippen LogP contribution in [-0.4, -0.2) is 41.4 Å². The molecule has 150 valence electrons. The number of anilines is 1. The maximum Gasteiger partial charge on any atom is 0.329 e. The lowest BCUT2D eigenvalue weighted by Crippen LogP contribution is -2.24. The molecule has 7 nitrogen and oxygen atoms in total. The van der Waals surface area contributed by atoms with E-state index in [4.69, 9.17) is 4.74 Å². The lowest BCUT2D eigenvalue weighted by Gasteiger charge is -2.15. The summed E-state index contributed by atoms with van der Waals surface area (Å²) in [5.74, 6) is 0.929. The van der Waals surface area contributed by atoms with Crippen LogP contribution in [-0.2, 0) is 32.4 Å². The predicted octanol–water partition coefficient (Wildman–Crippen LogP) is 3.22. The minimum absolute atomic E-state index is 0.223. The minimum Gasteiger partial charge on any atom is -0.493 e. The Morgan fingerprint density at radius 1 is 1.29 bits per heavy atom. The summed E-state index contributed by atoms with van der Waals surface area (Å²) in [7, 11) is 4.07. The third-order valence-corrected chi connectivity index (χ3v) is 5.88. The first-order valence-electron chi connectivity index (χ1n) is 9.81. The van der Waals surface area contributed by atoms with Crippen LogP contribution >= 0.6 is 11.9 Å². The topological polar surface area (TPSA) is 71.4 Å². The molecule has 2 aromatic rings. The summed E-state index contributed by atoms with van der Waals surface area (Å²) < 4.78 is 10.6. The molecule has 0 unspecified atom stereocenters. The third-order valence-electron chi connectivity index (χ3n) is 5.18. The molecule has 0 spiro atoms. The fourth-order valence-corrected chi connectivity index (χ4v) is 4.58. The molecule has 0 saturated heterocycles. The van der Waals surface area contributed by atoms with Gasteiger partial charge in [0, 0.05) is 37.0 Å². The van der Waals surface area contributed by atoms with E-state index >= 15 is 0 Å². The number of aryl methyl sites for hydroxylation is 2. The average molecular weight is 402 g/mol. The lowest BCUT2D eigenvalue weighted by atomic mass is 10.0. The Morgan fingerprint density at radius 2 is 2.14 bits per heavy atom. The smallest absolute Gasteiger partial charge is 0.329 e. The summed E-state index contributed by atoms with van der Waals surface area (Å²) in [5, 5.41) is 8.45. The molecule has 8 heteroatoms. The van der Waals surface area contributed by atoms with Gasteiger partial charge in [0.15, 0.2) is 0 Å². The van der Waals surface area contributed by atoms with Gasteiger partial charge in [0.25, 0.3) is 0 Å². The number of rotatable bonds is 6. The van der Waals surface area contributed by atoms with Crippen molar-refractivity contribution in [2.24, 2.45) is 0 Å². The van der Waals surface area contributed by atoms with E-state index in [1.165, 1.54) is 23.1 Å². The van der Waals surface area contributed by atoms with Crippen molar-refractivity contribution in [1.29, 1.82) is 0 Å². The zero-order valence-electron chi connectivity index (χ0n) is 16.7. The van der Waals surface area contributed by atoms with Crippen LogP contribution in [0.2, 0.25) is 0 Å². The maximum atomic E-state index is 12.6. The van der Waals surface area contributed by atoms with Crippen LogP contribution in [0.1, 0.15) is 35.7 Å². The first kappa shape index (κ1) is 19.1. The third kappa shape index (κ3) is 3.84. The van der Waals surface area contributed by atoms with E-state index in [2.05, 4.69) is 33.0 Å². The number of aromatic nitrogens is 2. The van der Waals surface area contributed by atoms with E-state index in [-0.39, 0.29) is 6.03 Å². The van der Waals surface area contributed by atoms with Gasteiger partial charge in [-0.3, -0.25) is 9.40 Å². The van der Waals surface area contributed by atoms with Gasteiger partial charge in [-0.25, -0.2) is 4.79 Å². The molecule has 1 aliphatic heterocycles. The number of nitrogens with one attached hydrogen (secondary N) is 2. The van der Waals surface area contributed by atoms with Crippen LogP contribution in [0, 0.1) is 0 Å². The van der Waals surface area contributed by atoms with E-state index in [1.807, 2.05) is 24.8 Å². The number of amides is 2. The molecule has 0 atom stereocenters. The number of urea groups is 1. The minimum atomic E-state index is -0.223. The van der Waals surface area contributed by atoms with Gasteiger partial charge in [-0.15, -0.1) is 0 Å². The Bertz CT molecular complexity index is 861. The van der Waals surface area contributed by atoms with Crippen LogP contribution < -0.4 is 14.8 Å². The monoisotopic (exact) mass is 401 g/mol. The summed E-state index contributed by atoms with van der Waals surface area (Å²) in [4.78, 5) is 14.7. The fraction of sp³-hybridized carbons (Fsp3) is 0.500. The Labute approximate surface area is 169 Å². The van der Waals surface area contributed by atoms with E-state index in [0.717, 1.165) is 66.5 Å². The molecule has 0 fully saturated rings. The van der Waals surface area contributed by atoms with Crippen molar-refractivity contribution in [2.45, 2.75) is 50.7 Å².